The summed E-state index contributed by atoms with van der Waals surface area (Å²) in [5.74, 6) is 0.612. The Balaban J connectivity index is 1.27. The van der Waals surface area contributed by atoms with Crippen LogP contribution in [0.15, 0.2) is 48.5 Å². The van der Waals surface area contributed by atoms with Crippen LogP contribution in [0, 0.1) is 0 Å². The molecule has 0 aromatic heterocycles. The van der Waals surface area contributed by atoms with Crippen LogP contribution < -0.4 is 0 Å². The summed E-state index contributed by atoms with van der Waals surface area (Å²) in [6.07, 6.45) is 14.7. The maximum absolute atomic E-state index is 12.3. The summed E-state index contributed by atoms with van der Waals surface area (Å²) in [6.45, 7) is 0. The number of hydrogen-bond acceptors (Lipinski definition) is 2. The molecule has 0 heterocycles. The molecule has 29 heavy (non-hydrogen) atoms. The van der Waals surface area contributed by atoms with Crippen molar-refractivity contribution in [3.05, 3.63) is 70.8 Å². The molecule has 0 saturated heterocycles. The summed E-state index contributed by atoms with van der Waals surface area (Å²) in [4.78, 5) is 12.3. The second-order valence-corrected chi connectivity index (χ2v) is 8.94. The highest BCUT2D eigenvalue weighted by Gasteiger charge is 2.18. The summed E-state index contributed by atoms with van der Waals surface area (Å²) in [7, 11) is 0. The van der Waals surface area contributed by atoms with E-state index >= 15 is 0 Å². The van der Waals surface area contributed by atoms with Crippen LogP contribution in [0.25, 0.3) is 0 Å². The summed E-state index contributed by atoms with van der Waals surface area (Å²) >= 11 is 0. The third kappa shape index (κ3) is 5.72. The quantitative estimate of drug-likeness (QED) is 0.496. The Kier molecular flexibility index (Phi) is 7.03. The Morgan fingerprint density at radius 2 is 1.21 bits per heavy atom. The van der Waals surface area contributed by atoms with Gasteiger partial charge in [-0.1, -0.05) is 62.1 Å². The molecule has 0 aliphatic heterocycles. The van der Waals surface area contributed by atoms with E-state index in [1.54, 1.807) is 0 Å². The maximum Gasteiger partial charge on any atom is 0.338 e. The average Bonchev–Trinajstić information content (AvgIpc) is 2.80. The van der Waals surface area contributed by atoms with Gasteiger partial charge >= 0.3 is 5.97 Å². The molecule has 2 fully saturated rings. The number of ether oxygens (including phenoxy) is 1. The van der Waals surface area contributed by atoms with Gasteiger partial charge in [-0.3, -0.25) is 0 Å². The zero-order valence-electron chi connectivity index (χ0n) is 17.6. The van der Waals surface area contributed by atoms with Crippen LogP contribution in [0.5, 0.6) is 0 Å². The molecular formula is C27H34O2. The van der Waals surface area contributed by atoms with Crippen molar-refractivity contribution in [3.63, 3.8) is 0 Å². The van der Waals surface area contributed by atoms with Gasteiger partial charge in [-0.25, -0.2) is 4.79 Å². The second-order valence-electron chi connectivity index (χ2n) is 8.94. The van der Waals surface area contributed by atoms with Crippen molar-refractivity contribution in [1.82, 2.24) is 0 Å². The first kappa shape index (κ1) is 20.2. The molecule has 0 atom stereocenters. The van der Waals surface area contributed by atoms with Crippen molar-refractivity contribution in [2.75, 3.05) is 0 Å². The van der Waals surface area contributed by atoms with E-state index in [-0.39, 0.29) is 12.1 Å². The lowest BCUT2D eigenvalue weighted by molar-refractivity contribution is 0.0211. The third-order valence-corrected chi connectivity index (χ3v) is 6.77. The molecule has 2 nitrogen and oxygen atoms in total. The number of esters is 1. The van der Waals surface area contributed by atoms with Crippen molar-refractivity contribution in [3.8, 4) is 0 Å². The predicted octanol–water partition coefficient (Wildman–Crippen LogP) is 7.01. The molecule has 2 aromatic carbocycles. The SMILES string of the molecule is O=C(OC1CCCCC1)c1ccc(CCc2ccc(C3CCCCC3)cc2)cc1. The van der Waals surface area contributed by atoms with E-state index in [2.05, 4.69) is 36.4 Å². The van der Waals surface area contributed by atoms with Crippen molar-refractivity contribution in [1.29, 1.82) is 0 Å². The first-order valence-electron chi connectivity index (χ1n) is 11.7. The normalized spacial score (nSPS) is 18.5. The largest absolute Gasteiger partial charge is 0.459 e. The van der Waals surface area contributed by atoms with E-state index in [0.29, 0.717) is 5.56 Å². The molecule has 2 aliphatic carbocycles. The molecule has 0 unspecified atom stereocenters. The lowest BCUT2D eigenvalue weighted by atomic mass is 9.84. The fourth-order valence-corrected chi connectivity index (χ4v) is 4.89. The van der Waals surface area contributed by atoms with Crippen molar-refractivity contribution < 1.29 is 9.53 Å². The topological polar surface area (TPSA) is 26.3 Å². The molecule has 2 aliphatic rings. The zero-order valence-corrected chi connectivity index (χ0v) is 17.6. The van der Waals surface area contributed by atoms with Gasteiger partial charge in [0.05, 0.1) is 5.56 Å². The van der Waals surface area contributed by atoms with E-state index in [9.17, 15) is 4.79 Å². The van der Waals surface area contributed by atoms with Crippen LogP contribution in [0.3, 0.4) is 0 Å². The minimum absolute atomic E-state index is 0.118. The van der Waals surface area contributed by atoms with Crippen LogP contribution in [-0.4, -0.2) is 12.1 Å². The van der Waals surface area contributed by atoms with Crippen LogP contribution >= 0.6 is 0 Å². The van der Waals surface area contributed by atoms with Gasteiger partial charge in [0.15, 0.2) is 0 Å². The van der Waals surface area contributed by atoms with Crippen LogP contribution in [0.4, 0.5) is 0 Å². The molecule has 2 saturated carbocycles. The third-order valence-electron chi connectivity index (χ3n) is 6.77. The Morgan fingerprint density at radius 1 is 0.690 bits per heavy atom. The number of carbonyl (C=O) groups excluding carboxylic acids is 1. The van der Waals surface area contributed by atoms with E-state index in [0.717, 1.165) is 31.6 Å². The first-order chi connectivity index (χ1) is 14.3. The average molecular weight is 391 g/mol. The van der Waals surface area contributed by atoms with E-state index in [1.807, 2.05) is 12.1 Å². The van der Waals surface area contributed by atoms with Crippen LogP contribution in [-0.2, 0) is 17.6 Å². The van der Waals surface area contributed by atoms with Gasteiger partial charge in [0.1, 0.15) is 6.10 Å². The molecule has 154 valence electrons. The van der Waals surface area contributed by atoms with Gasteiger partial charge in [0.2, 0.25) is 0 Å². The predicted molar refractivity (Wildman–Crippen MR) is 118 cm³/mol. The highest BCUT2D eigenvalue weighted by atomic mass is 16.5. The zero-order chi connectivity index (χ0) is 19.9. The molecular weight excluding hydrogens is 356 g/mol. The number of rotatable bonds is 6. The molecule has 4 rings (SSSR count). The summed E-state index contributed by atoms with van der Waals surface area (Å²) in [5, 5.41) is 0. The van der Waals surface area contributed by atoms with Crippen LogP contribution in [0.2, 0.25) is 0 Å². The molecule has 0 radical (unpaired) electrons. The van der Waals surface area contributed by atoms with Gasteiger partial charge in [0, 0.05) is 0 Å². The minimum Gasteiger partial charge on any atom is -0.459 e. The first-order valence-corrected chi connectivity index (χ1v) is 11.7. The number of hydrogen-bond donors (Lipinski definition) is 0. The number of carbonyl (C=O) groups is 1. The van der Waals surface area contributed by atoms with Gasteiger partial charge in [-0.2, -0.15) is 0 Å². The molecule has 0 N–H and O–H groups in total. The van der Waals surface area contributed by atoms with E-state index < -0.39 is 0 Å². The summed E-state index contributed by atoms with van der Waals surface area (Å²) < 4.78 is 5.67. The summed E-state index contributed by atoms with van der Waals surface area (Å²) in [6, 6.07) is 17.3. The van der Waals surface area contributed by atoms with Gasteiger partial charge in [0.25, 0.3) is 0 Å². The molecule has 2 aromatic rings. The molecule has 2 heteroatoms. The van der Waals surface area contributed by atoms with E-state index in [4.69, 9.17) is 4.74 Å². The Bertz CT molecular complexity index is 763. The van der Waals surface area contributed by atoms with Gasteiger partial charge in [-0.15, -0.1) is 0 Å². The highest BCUT2D eigenvalue weighted by Crippen LogP contribution is 2.32. The highest BCUT2D eigenvalue weighted by molar-refractivity contribution is 5.89. The fraction of sp³-hybridized carbons (Fsp3) is 0.519. The van der Waals surface area contributed by atoms with Gasteiger partial charge in [-0.05, 0) is 86.1 Å². The van der Waals surface area contributed by atoms with Crippen molar-refractivity contribution >= 4 is 5.97 Å². The smallest absolute Gasteiger partial charge is 0.338 e. The fourth-order valence-electron chi connectivity index (χ4n) is 4.89. The lowest BCUT2D eigenvalue weighted by Gasteiger charge is -2.22. The molecule has 0 spiro atoms. The Morgan fingerprint density at radius 3 is 1.79 bits per heavy atom. The molecule has 0 amide bonds. The van der Waals surface area contributed by atoms with Crippen molar-refractivity contribution in [2.45, 2.75) is 89.1 Å². The maximum atomic E-state index is 12.3. The van der Waals surface area contributed by atoms with Crippen LogP contribution in [0.1, 0.15) is 97.2 Å². The molecule has 0 bridgehead atoms. The second kappa shape index (κ2) is 10.1. The number of benzene rings is 2. The Hall–Kier alpha value is -2.09. The standard InChI is InChI=1S/C27H34O2/c28-27(29-26-9-5-2-6-10-26)25-19-15-22(16-20-25)12-11-21-13-17-24(18-14-21)23-7-3-1-4-8-23/h13-20,23,26H,1-12H2. The Labute approximate surface area is 175 Å². The minimum atomic E-state index is -0.165. The van der Waals surface area contributed by atoms with E-state index in [1.165, 1.54) is 68.1 Å². The number of aryl methyl sites for hydroxylation is 2. The van der Waals surface area contributed by atoms with Gasteiger partial charge < -0.3 is 4.74 Å². The lowest BCUT2D eigenvalue weighted by Crippen LogP contribution is -2.20. The summed E-state index contributed by atoms with van der Waals surface area (Å²) in [5.41, 5.74) is 4.87. The van der Waals surface area contributed by atoms with Crippen molar-refractivity contribution in [2.24, 2.45) is 0 Å². The monoisotopic (exact) mass is 390 g/mol.